The number of unbranched alkanes of at least 4 members (excludes halogenated alkanes) is 23. The summed E-state index contributed by atoms with van der Waals surface area (Å²) in [5, 5.41) is 6.71. The number of hydrogen-bond acceptors (Lipinski definition) is 8. The Kier molecular flexibility index (Phi) is 44.4. The Bertz CT molecular complexity index is 1510. The smallest absolute Gasteiger partial charge is 0.306 e. The number of ether oxygens (including phenoxy) is 2. The molecule has 6 nitrogen and oxygen atoms in total. The van der Waals surface area contributed by atoms with Gasteiger partial charge >= 0.3 is 11.9 Å². The lowest BCUT2D eigenvalue weighted by Gasteiger charge is -2.43. The van der Waals surface area contributed by atoms with Crippen LogP contribution in [0.4, 0.5) is 0 Å². The first kappa shape index (κ1) is 70.3. The quantitative estimate of drug-likeness (QED) is 0.0399. The molecule has 0 aliphatic carbocycles. The summed E-state index contributed by atoms with van der Waals surface area (Å²) in [5.74, 6) is 4.21. The van der Waals surface area contributed by atoms with E-state index in [1.54, 1.807) is 0 Å². The zero-order chi connectivity index (χ0) is 55.1. The molecule has 0 aliphatic rings. The van der Waals surface area contributed by atoms with Gasteiger partial charge in [-0.3, -0.25) is 9.59 Å². The molecule has 76 heavy (non-hydrogen) atoms. The largest absolute Gasteiger partial charge is 0.461 e. The summed E-state index contributed by atoms with van der Waals surface area (Å²) in [6.07, 6.45) is 41.7. The summed E-state index contributed by atoms with van der Waals surface area (Å²) < 4.78 is 19.7. The van der Waals surface area contributed by atoms with Crippen LogP contribution >= 0.6 is 23.5 Å². The predicted octanol–water partition coefficient (Wildman–Crippen LogP) is 18.9. The van der Waals surface area contributed by atoms with Crippen LogP contribution in [0.1, 0.15) is 280 Å². The Labute approximate surface area is 480 Å². The molecule has 0 saturated carbocycles. The van der Waals surface area contributed by atoms with E-state index in [2.05, 4.69) is 114 Å². The van der Waals surface area contributed by atoms with Gasteiger partial charge in [-0.1, -0.05) is 250 Å². The van der Waals surface area contributed by atoms with Crippen LogP contribution in [0.25, 0.3) is 0 Å². The number of benzene rings is 2. The van der Waals surface area contributed by atoms with Gasteiger partial charge in [0.1, 0.15) is 12.2 Å². The molecule has 0 heterocycles. The lowest BCUT2D eigenvalue weighted by Crippen LogP contribution is -2.66. The number of nitrogens with one attached hydrogen (secondary N) is 1. The van der Waals surface area contributed by atoms with Crippen molar-refractivity contribution in [2.75, 3.05) is 36.2 Å². The van der Waals surface area contributed by atoms with E-state index < -0.39 is 8.32 Å². The van der Waals surface area contributed by atoms with Gasteiger partial charge in [0.05, 0.1) is 0 Å². The lowest BCUT2D eigenvalue weighted by molar-refractivity contribution is -0.149. The van der Waals surface area contributed by atoms with Crippen LogP contribution in [0.3, 0.4) is 0 Å². The first-order valence-electron chi connectivity index (χ1n) is 32.1. The van der Waals surface area contributed by atoms with E-state index in [0.29, 0.717) is 18.9 Å². The average molecular weight is 1110 g/mol. The molecule has 0 radical (unpaired) electrons. The van der Waals surface area contributed by atoms with Crippen LogP contribution in [-0.2, 0) is 23.5 Å². The maximum Gasteiger partial charge on any atom is 0.306 e. The van der Waals surface area contributed by atoms with Crippen molar-refractivity contribution < 1.29 is 23.5 Å². The zero-order valence-corrected chi connectivity index (χ0v) is 53.2. The minimum absolute atomic E-state index is 0.0134. The Morgan fingerprint density at radius 3 is 1.24 bits per heavy atom. The Balaban J connectivity index is 2.05. The third kappa shape index (κ3) is 34.4. The van der Waals surface area contributed by atoms with Crippen LogP contribution in [0.15, 0.2) is 60.7 Å². The fraction of sp³-hybridized carbons (Fsp3) is 0.791. The highest BCUT2D eigenvalue weighted by atomic mass is 32.2. The van der Waals surface area contributed by atoms with Gasteiger partial charge in [0.15, 0.2) is 0 Å². The van der Waals surface area contributed by atoms with Crippen molar-refractivity contribution in [1.29, 1.82) is 0 Å². The molecule has 2 aromatic rings. The summed E-state index contributed by atoms with van der Waals surface area (Å²) in [7, 11) is -2.55. The van der Waals surface area contributed by atoms with Gasteiger partial charge in [-0.2, -0.15) is 23.5 Å². The van der Waals surface area contributed by atoms with Crippen molar-refractivity contribution in [3.05, 3.63) is 60.7 Å². The summed E-state index contributed by atoms with van der Waals surface area (Å²) in [6, 6.07) is 22.5. The molecule has 0 spiro atoms. The highest BCUT2D eigenvalue weighted by molar-refractivity contribution is 7.99. The molecule has 0 saturated heterocycles. The Morgan fingerprint density at radius 2 is 0.829 bits per heavy atom. The molecular weight excluding hydrogens is 991 g/mol. The molecule has 0 bridgehead atoms. The molecule has 0 fully saturated rings. The topological polar surface area (TPSA) is 73.9 Å². The van der Waals surface area contributed by atoms with E-state index in [1.165, 1.54) is 164 Å². The molecule has 1 N–H and O–H groups in total. The summed E-state index contributed by atoms with van der Waals surface area (Å²) in [6.45, 7) is 17.9. The highest BCUT2D eigenvalue weighted by Crippen LogP contribution is 2.37. The van der Waals surface area contributed by atoms with E-state index in [4.69, 9.17) is 13.9 Å². The second-order valence-corrected chi connectivity index (χ2v) is 30.0. The van der Waals surface area contributed by atoms with Gasteiger partial charge in [-0.25, -0.2) is 0 Å². The molecule has 2 aromatic carbocycles. The number of carbonyl (C=O) groups is 2. The molecule has 2 atom stereocenters. The van der Waals surface area contributed by atoms with Gasteiger partial charge in [0.2, 0.25) is 0 Å². The maximum absolute atomic E-state index is 13.1. The standard InChI is InChI=1S/C67H119NO5S2Si/c1-8-12-16-20-22-38-52-65(69)72-61(58-74-56-42-24-18-14-10-3)46-32-26-30-44-60(68-54-40-41-55-71-76(67(5,6)7,63-48-34-28-35-49-63)64-50-36-29-37-51-64)45-31-27-33-47-62(59-75-57-43-25-19-15-11-4)73-66(70)53-39-23-21-17-13-9-2/h28-29,34-37,48-51,60-62,68H,8-27,30-33,38-47,52-59H2,1-7H3. The SMILES string of the molecule is CCCCCCCCC(=O)OC(CCCCCC(CCCCCC(CSCCCCCCC)OC(=O)CCCCCCCC)NCCCCO[Si](c1ccccc1)(c1ccccc1)C(C)(C)C)CSCCCCCCC. The molecule has 438 valence electrons. The first-order valence-corrected chi connectivity index (χ1v) is 36.4. The summed E-state index contributed by atoms with van der Waals surface area (Å²) in [5.41, 5.74) is 0. The Hall–Kier alpha value is -1.78. The van der Waals surface area contributed by atoms with Crippen molar-refractivity contribution in [2.24, 2.45) is 0 Å². The average Bonchev–Trinajstić information content (AvgIpc) is 3.41. The number of esters is 2. The Morgan fingerprint density at radius 1 is 0.461 bits per heavy atom. The van der Waals surface area contributed by atoms with E-state index in [-0.39, 0.29) is 29.2 Å². The van der Waals surface area contributed by atoms with Gasteiger partial charge < -0.3 is 19.2 Å². The number of hydrogen-bond donors (Lipinski definition) is 1. The van der Waals surface area contributed by atoms with E-state index in [0.717, 1.165) is 100 Å². The van der Waals surface area contributed by atoms with Gasteiger partial charge in [0, 0.05) is 37.0 Å². The molecule has 2 rings (SSSR count). The van der Waals surface area contributed by atoms with Crippen LogP contribution < -0.4 is 15.7 Å². The van der Waals surface area contributed by atoms with Crippen LogP contribution in [0, 0.1) is 0 Å². The lowest BCUT2D eigenvalue weighted by atomic mass is 9.99. The zero-order valence-electron chi connectivity index (χ0n) is 50.6. The van der Waals surface area contributed by atoms with Crippen LogP contribution in [0.5, 0.6) is 0 Å². The molecule has 0 aliphatic heterocycles. The third-order valence-corrected chi connectivity index (χ3v) is 22.8. The van der Waals surface area contributed by atoms with Crippen molar-refractivity contribution in [1.82, 2.24) is 5.32 Å². The molecule has 0 amide bonds. The molecule has 0 aromatic heterocycles. The van der Waals surface area contributed by atoms with Gasteiger partial charge in [-0.15, -0.1) is 0 Å². The van der Waals surface area contributed by atoms with Crippen LogP contribution in [0.2, 0.25) is 5.04 Å². The maximum atomic E-state index is 13.1. The fourth-order valence-corrected chi connectivity index (χ4v) is 17.5. The monoisotopic (exact) mass is 1110 g/mol. The fourth-order valence-electron chi connectivity index (χ4n) is 10.7. The van der Waals surface area contributed by atoms with Gasteiger partial charge in [-0.05, 0) is 111 Å². The molecule has 9 heteroatoms. The number of thioether (sulfide) groups is 2. The molecular formula is C67H119NO5S2Si. The third-order valence-electron chi connectivity index (χ3n) is 15.4. The van der Waals surface area contributed by atoms with Crippen LogP contribution in [-0.4, -0.2) is 74.7 Å². The van der Waals surface area contributed by atoms with Crippen molar-refractivity contribution in [3.63, 3.8) is 0 Å². The first-order chi connectivity index (χ1) is 37.1. The minimum Gasteiger partial charge on any atom is -0.461 e. The molecule has 2 unspecified atom stereocenters. The summed E-state index contributed by atoms with van der Waals surface area (Å²) >= 11 is 3.99. The van der Waals surface area contributed by atoms with Gasteiger partial charge in [0.25, 0.3) is 8.32 Å². The normalized spacial score (nSPS) is 13.2. The number of carbonyl (C=O) groups excluding carboxylic acids is 2. The van der Waals surface area contributed by atoms with E-state index in [9.17, 15) is 9.59 Å². The van der Waals surface area contributed by atoms with E-state index in [1.807, 2.05) is 23.5 Å². The van der Waals surface area contributed by atoms with Crippen molar-refractivity contribution >= 4 is 54.2 Å². The number of rotatable bonds is 53. The highest BCUT2D eigenvalue weighted by Gasteiger charge is 2.50. The van der Waals surface area contributed by atoms with Crippen molar-refractivity contribution in [3.8, 4) is 0 Å². The predicted molar refractivity (Wildman–Crippen MR) is 339 cm³/mol. The minimum atomic E-state index is -2.55. The summed E-state index contributed by atoms with van der Waals surface area (Å²) in [4.78, 5) is 26.1. The van der Waals surface area contributed by atoms with Crippen molar-refractivity contribution in [2.45, 2.75) is 303 Å². The van der Waals surface area contributed by atoms with E-state index >= 15 is 0 Å². The second kappa shape index (κ2) is 48.0. The second-order valence-electron chi connectivity index (χ2n) is 23.4.